The summed E-state index contributed by atoms with van der Waals surface area (Å²) in [4.78, 5) is 24.6. The normalized spacial score (nSPS) is 22.9. The van der Waals surface area contributed by atoms with Crippen LogP contribution in [0.1, 0.15) is 24.9 Å². The van der Waals surface area contributed by atoms with Gasteiger partial charge in [-0.25, -0.2) is 4.39 Å². The van der Waals surface area contributed by atoms with Gasteiger partial charge in [-0.1, -0.05) is 6.07 Å². The molecule has 0 aromatic heterocycles. The van der Waals surface area contributed by atoms with E-state index in [0.717, 1.165) is 0 Å². The van der Waals surface area contributed by atoms with E-state index in [0.29, 0.717) is 16.6 Å². The summed E-state index contributed by atoms with van der Waals surface area (Å²) < 4.78 is 13.9. The second-order valence-corrected chi connectivity index (χ2v) is 5.30. The molecule has 1 aromatic carbocycles. The van der Waals surface area contributed by atoms with E-state index in [9.17, 15) is 19.1 Å². The van der Waals surface area contributed by atoms with Crippen LogP contribution in [-0.2, 0) is 9.59 Å². The summed E-state index contributed by atoms with van der Waals surface area (Å²) in [7, 11) is 0. The highest BCUT2D eigenvalue weighted by Crippen LogP contribution is 2.38. The molecule has 0 spiro atoms. The van der Waals surface area contributed by atoms with Gasteiger partial charge in [0, 0.05) is 13.0 Å². The first-order valence-electron chi connectivity index (χ1n) is 5.93. The summed E-state index contributed by atoms with van der Waals surface area (Å²) in [6.07, 6.45) is -0.0362. The summed E-state index contributed by atoms with van der Waals surface area (Å²) in [6, 6.07) is 3.86. The Kier molecular flexibility index (Phi) is 3.89. The van der Waals surface area contributed by atoms with E-state index in [1.807, 2.05) is 0 Å². The molecule has 2 rings (SSSR count). The Morgan fingerprint density at radius 3 is 2.79 bits per heavy atom. The minimum absolute atomic E-state index is 0.0362. The maximum absolute atomic E-state index is 13.6. The van der Waals surface area contributed by atoms with Crippen LogP contribution in [0.25, 0.3) is 0 Å². The lowest BCUT2D eigenvalue weighted by atomic mass is 9.93. The highest BCUT2D eigenvalue weighted by atomic mass is 79.9. The number of carbonyl (C=O) groups excluding carboxylic acids is 1. The monoisotopic (exact) mass is 329 g/mol. The summed E-state index contributed by atoms with van der Waals surface area (Å²) in [5.41, 5.74) is 0.515. The molecule has 102 valence electrons. The molecule has 0 aliphatic carbocycles. The lowest BCUT2D eigenvalue weighted by Crippen LogP contribution is -2.30. The molecule has 0 saturated carbocycles. The van der Waals surface area contributed by atoms with E-state index in [-0.39, 0.29) is 12.3 Å². The standard InChI is InChI=1S/C13H13BrFNO3/c1-2-16-11(17)6-8(13(18)19)12(16)7-3-4-9(14)10(15)5-7/h3-5,8,12H,2,6H2,1H3,(H,18,19). The summed E-state index contributed by atoms with van der Waals surface area (Å²) >= 11 is 3.05. The first kappa shape index (κ1) is 14.0. The number of likely N-dealkylation sites (tertiary alicyclic amines) is 1. The highest BCUT2D eigenvalue weighted by Gasteiger charge is 2.44. The van der Waals surface area contributed by atoms with Gasteiger partial charge >= 0.3 is 5.97 Å². The molecule has 1 fully saturated rings. The molecule has 2 atom stereocenters. The van der Waals surface area contributed by atoms with Gasteiger partial charge in [0.2, 0.25) is 5.91 Å². The van der Waals surface area contributed by atoms with Crippen molar-refractivity contribution >= 4 is 27.8 Å². The van der Waals surface area contributed by atoms with Gasteiger partial charge in [-0.15, -0.1) is 0 Å². The SMILES string of the molecule is CCN1C(=O)CC(C(=O)O)C1c1ccc(Br)c(F)c1. The zero-order valence-electron chi connectivity index (χ0n) is 10.3. The molecule has 19 heavy (non-hydrogen) atoms. The molecule has 1 amide bonds. The molecular formula is C13H13BrFNO3. The Hall–Kier alpha value is -1.43. The third-order valence-corrected chi connectivity index (χ3v) is 4.02. The fraction of sp³-hybridized carbons (Fsp3) is 0.385. The Labute approximate surface area is 118 Å². The van der Waals surface area contributed by atoms with Gasteiger partial charge in [0.25, 0.3) is 0 Å². The summed E-state index contributed by atoms with van der Waals surface area (Å²) in [5, 5.41) is 9.22. The second kappa shape index (κ2) is 5.28. The molecule has 1 aliphatic heterocycles. The largest absolute Gasteiger partial charge is 0.481 e. The Bertz CT molecular complexity index is 535. The maximum Gasteiger partial charge on any atom is 0.309 e. The lowest BCUT2D eigenvalue weighted by Gasteiger charge is -2.26. The van der Waals surface area contributed by atoms with E-state index in [1.54, 1.807) is 13.0 Å². The number of amides is 1. The molecule has 2 unspecified atom stereocenters. The van der Waals surface area contributed by atoms with Crippen molar-refractivity contribution in [2.75, 3.05) is 6.54 Å². The zero-order valence-corrected chi connectivity index (χ0v) is 11.9. The Balaban J connectivity index is 2.45. The predicted octanol–water partition coefficient (Wildman–Crippen LogP) is 2.58. The van der Waals surface area contributed by atoms with Crippen LogP contribution in [0.5, 0.6) is 0 Å². The number of carboxylic acids is 1. The fourth-order valence-corrected chi connectivity index (χ4v) is 2.74. The Morgan fingerprint density at radius 1 is 1.58 bits per heavy atom. The van der Waals surface area contributed by atoms with Gasteiger partial charge in [0.15, 0.2) is 0 Å². The van der Waals surface area contributed by atoms with Gasteiger partial charge in [-0.05, 0) is 40.5 Å². The number of carbonyl (C=O) groups is 2. The van der Waals surface area contributed by atoms with Crippen molar-refractivity contribution in [3.05, 3.63) is 34.1 Å². The van der Waals surface area contributed by atoms with Crippen molar-refractivity contribution in [2.24, 2.45) is 5.92 Å². The number of halogens is 2. The number of hydrogen-bond acceptors (Lipinski definition) is 2. The van der Waals surface area contributed by atoms with Crippen LogP contribution in [0.15, 0.2) is 22.7 Å². The van der Waals surface area contributed by atoms with Gasteiger partial charge < -0.3 is 10.0 Å². The Morgan fingerprint density at radius 2 is 2.26 bits per heavy atom. The van der Waals surface area contributed by atoms with E-state index < -0.39 is 23.7 Å². The summed E-state index contributed by atoms with van der Waals surface area (Å²) in [5.74, 6) is -2.52. The number of aliphatic carboxylic acids is 1. The zero-order chi connectivity index (χ0) is 14.2. The summed E-state index contributed by atoms with van der Waals surface area (Å²) in [6.45, 7) is 2.19. The van der Waals surface area contributed by atoms with Gasteiger partial charge in [-0.3, -0.25) is 9.59 Å². The first-order valence-corrected chi connectivity index (χ1v) is 6.72. The smallest absolute Gasteiger partial charge is 0.309 e. The first-order chi connectivity index (χ1) is 8.95. The van der Waals surface area contributed by atoms with Crippen molar-refractivity contribution in [2.45, 2.75) is 19.4 Å². The number of nitrogens with zero attached hydrogens (tertiary/aromatic N) is 1. The molecular weight excluding hydrogens is 317 g/mol. The van der Waals surface area contributed by atoms with Crippen LogP contribution in [0.4, 0.5) is 4.39 Å². The van der Waals surface area contributed by atoms with Crippen LogP contribution >= 0.6 is 15.9 Å². The van der Waals surface area contributed by atoms with E-state index in [1.165, 1.54) is 17.0 Å². The van der Waals surface area contributed by atoms with Crippen molar-refractivity contribution in [1.82, 2.24) is 4.90 Å². The van der Waals surface area contributed by atoms with E-state index in [4.69, 9.17) is 0 Å². The van der Waals surface area contributed by atoms with Gasteiger partial charge in [0.1, 0.15) is 5.82 Å². The quantitative estimate of drug-likeness (QED) is 0.927. The maximum atomic E-state index is 13.6. The lowest BCUT2D eigenvalue weighted by molar-refractivity contribution is -0.142. The molecule has 1 heterocycles. The minimum Gasteiger partial charge on any atom is -0.481 e. The number of hydrogen-bond donors (Lipinski definition) is 1. The third kappa shape index (κ3) is 2.49. The number of benzene rings is 1. The highest BCUT2D eigenvalue weighted by molar-refractivity contribution is 9.10. The van der Waals surface area contributed by atoms with E-state index in [2.05, 4.69) is 15.9 Å². The van der Waals surface area contributed by atoms with E-state index >= 15 is 0 Å². The topological polar surface area (TPSA) is 57.6 Å². The second-order valence-electron chi connectivity index (χ2n) is 4.45. The fourth-order valence-electron chi connectivity index (χ4n) is 2.49. The van der Waals surface area contributed by atoms with Crippen LogP contribution in [0.3, 0.4) is 0 Å². The molecule has 1 saturated heterocycles. The molecule has 1 aromatic rings. The minimum atomic E-state index is -1.03. The van der Waals surface area contributed by atoms with Gasteiger partial charge in [0.05, 0.1) is 16.4 Å². The van der Waals surface area contributed by atoms with Crippen LogP contribution < -0.4 is 0 Å². The average Bonchev–Trinajstić information content (AvgIpc) is 2.69. The van der Waals surface area contributed by atoms with Crippen LogP contribution in [-0.4, -0.2) is 28.4 Å². The third-order valence-electron chi connectivity index (χ3n) is 3.37. The van der Waals surface area contributed by atoms with Crippen molar-refractivity contribution < 1.29 is 19.1 Å². The molecule has 1 N–H and O–H groups in total. The number of carboxylic acid groups (broad SMARTS) is 1. The van der Waals surface area contributed by atoms with Crippen LogP contribution in [0.2, 0.25) is 0 Å². The predicted molar refractivity (Wildman–Crippen MR) is 70.0 cm³/mol. The van der Waals surface area contributed by atoms with Crippen LogP contribution in [0, 0.1) is 11.7 Å². The van der Waals surface area contributed by atoms with Gasteiger partial charge in [-0.2, -0.15) is 0 Å². The average molecular weight is 330 g/mol. The molecule has 6 heteroatoms. The van der Waals surface area contributed by atoms with Crippen molar-refractivity contribution in [3.63, 3.8) is 0 Å². The number of rotatable bonds is 3. The van der Waals surface area contributed by atoms with Crippen molar-refractivity contribution in [1.29, 1.82) is 0 Å². The molecule has 4 nitrogen and oxygen atoms in total. The molecule has 1 aliphatic rings. The van der Waals surface area contributed by atoms with Crippen molar-refractivity contribution in [3.8, 4) is 0 Å². The molecule has 0 radical (unpaired) electrons. The molecule has 0 bridgehead atoms.